The van der Waals surface area contributed by atoms with Crippen LogP contribution in [0.5, 0.6) is 5.75 Å². The van der Waals surface area contributed by atoms with E-state index in [0.29, 0.717) is 0 Å². The van der Waals surface area contributed by atoms with E-state index in [-0.39, 0.29) is 11.6 Å². The van der Waals surface area contributed by atoms with Gasteiger partial charge >= 0.3 is 0 Å². The molecule has 1 aromatic heterocycles. The van der Waals surface area contributed by atoms with Gasteiger partial charge in [-0.2, -0.15) is 5.10 Å². The van der Waals surface area contributed by atoms with Crippen molar-refractivity contribution in [1.82, 2.24) is 20.0 Å². The Hall–Kier alpha value is -1.07. The molecule has 1 aliphatic rings. The number of nitrogens with zero attached hydrogens (tertiary/aromatic N) is 3. The summed E-state index contributed by atoms with van der Waals surface area (Å²) < 4.78 is 7.48. The second kappa shape index (κ2) is 6.79. The Morgan fingerprint density at radius 1 is 1.33 bits per heavy atom. The van der Waals surface area contributed by atoms with E-state index in [1.807, 2.05) is 17.9 Å². The highest BCUT2D eigenvalue weighted by atomic mass is 16.5. The molecule has 1 atom stereocenters. The summed E-state index contributed by atoms with van der Waals surface area (Å²) in [5.74, 6) is 0.869. The first kappa shape index (κ1) is 16.3. The van der Waals surface area contributed by atoms with Crippen LogP contribution in [0.25, 0.3) is 0 Å². The molecule has 120 valence electrons. The number of piperidine rings is 1. The van der Waals surface area contributed by atoms with Crippen LogP contribution in [-0.4, -0.2) is 47.0 Å². The number of likely N-dealkylation sites (N-methyl/N-ethyl adjacent to an activating group) is 1. The molecule has 21 heavy (non-hydrogen) atoms. The van der Waals surface area contributed by atoms with Crippen LogP contribution < -0.4 is 10.1 Å². The first-order valence-corrected chi connectivity index (χ1v) is 8.06. The maximum atomic E-state index is 5.53. The average molecular weight is 294 g/mol. The number of aromatic nitrogens is 2. The molecule has 1 aliphatic heterocycles. The van der Waals surface area contributed by atoms with Crippen LogP contribution in [-0.2, 0) is 7.05 Å². The van der Waals surface area contributed by atoms with E-state index in [1.54, 1.807) is 7.11 Å². The Morgan fingerprint density at radius 3 is 2.57 bits per heavy atom. The smallest absolute Gasteiger partial charge is 0.161 e. The van der Waals surface area contributed by atoms with Gasteiger partial charge in [-0.3, -0.25) is 9.58 Å². The molecular formula is C16H30N4O. The summed E-state index contributed by atoms with van der Waals surface area (Å²) in [5, 5.41) is 8.04. The van der Waals surface area contributed by atoms with Gasteiger partial charge in [0, 0.05) is 12.6 Å². The van der Waals surface area contributed by atoms with E-state index in [0.717, 1.165) is 18.0 Å². The second-order valence-corrected chi connectivity index (χ2v) is 6.41. The van der Waals surface area contributed by atoms with Gasteiger partial charge in [0.25, 0.3) is 0 Å². The minimum absolute atomic E-state index is 0.0253. The van der Waals surface area contributed by atoms with Crippen LogP contribution in [0, 0.1) is 0 Å². The summed E-state index contributed by atoms with van der Waals surface area (Å²) in [5.41, 5.74) is 1.16. The zero-order valence-corrected chi connectivity index (χ0v) is 14.1. The van der Waals surface area contributed by atoms with Gasteiger partial charge in [0.2, 0.25) is 0 Å². The van der Waals surface area contributed by atoms with Crippen molar-refractivity contribution in [3.05, 3.63) is 11.9 Å². The van der Waals surface area contributed by atoms with Gasteiger partial charge in [0.15, 0.2) is 5.75 Å². The molecule has 0 amide bonds. The predicted molar refractivity (Wildman–Crippen MR) is 85.7 cm³/mol. The molecule has 5 heteroatoms. The number of methoxy groups -OCH3 is 1. The van der Waals surface area contributed by atoms with Crippen LogP contribution in [0.2, 0.25) is 0 Å². The Labute approximate surface area is 128 Å². The molecule has 0 spiro atoms. The van der Waals surface area contributed by atoms with Crippen molar-refractivity contribution < 1.29 is 4.74 Å². The van der Waals surface area contributed by atoms with Crippen molar-refractivity contribution in [2.24, 2.45) is 7.05 Å². The van der Waals surface area contributed by atoms with Gasteiger partial charge in [-0.25, -0.2) is 0 Å². The van der Waals surface area contributed by atoms with E-state index in [1.165, 1.54) is 32.4 Å². The van der Waals surface area contributed by atoms with Crippen LogP contribution in [0.15, 0.2) is 6.20 Å². The van der Waals surface area contributed by atoms with Crippen molar-refractivity contribution in [2.75, 3.05) is 26.7 Å². The van der Waals surface area contributed by atoms with Gasteiger partial charge in [0.1, 0.15) is 0 Å². The van der Waals surface area contributed by atoms with E-state index in [4.69, 9.17) is 4.74 Å². The maximum Gasteiger partial charge on any atom is 0.161 e. The highest BCUT2D eigenvalue weighted by molar-refractivity contribution is 5.30. The molecule has 1 fully saturated rings. The Bertz CT molecular complexity index is 449. The van der Waals surface area contributed by atoms with E-state index >= 15 is 0 Å². The number of likely N-dealkylation sites (tertiary alicyclic amines) is 1. The quantitative estimate of drug-likeness (QED) is 0.874. The normalized spacial score (nSPS) is 18.7. The fourth-order valence-corrected chi connectivity index (χ4v) is 3.45. The van der Waals surface area contributed by atoms with Crippen molar-refractivity contribution in [2.45, 2.75) is 51.6 Å². The predicted octanol–water partition coefficient (Wildman–Crippen LogP) is 2.34. The van der Waals surface area contributed by atoms with Crippen molar-refractivity contribution in [1.29, 1.82) is 0 Å². The van der Waals surface area contributed by atoms with E-state index in [2.05, 4.69) is 36.1 Å². The zero-order chi connectivity index (χ0) is 15.5. The fraction of sp³-hybridized carbons (Fsp3) is 0.812. The molecule has 2 rings (SSSR count). The highest BCUT2D eigenvalue weighted by Crippen LogP contribution is 2.36. The SMILES string of the molecule is CCNC(c1c(OC)cnn1C)C(C)(C)N1CCCCC1. The average Bonchev–Trinajstić information content (AvgIpc) is 2.86. The number of hydrogen-bond acceptors (Lipinski definition) is 4. The lowest BCUT2D eigenvalue weighted by Gasteiger charge is -2.46. The van der Waals surface area contributed by atoms with Crippen LogP contribution >= 0.6 is 0 Å². The molecule has 2 heterocycles. The molecule has 0 aliphatic carbocycles. The summed E-state index contributed by atoms with van der Waals surface area (Å²) in [6.07, 6.45) is 5.76. The topological polar surface area (TPSA) is 42.3 Å². The lowest BCUT2D eigenvalue weighted by molar-refractivity contribution is 0.0579. The highest BCUT2D eigenvalue weighted by Gasteiger charge is 2.39. The fourth-order valence-electron chi connectivity index (χ4n) is 3.45. The van der Waals surface area contributed by atoms with Crippen molar-refractivity contribution in [3.63, 3.8) is 0 Å². The summed E-state index contributed by atoms with van der Waals surface area (Å²) in [4.78, 5) is 2.61. The summed E-state index contributed by atoms with van der Waals surface area (Å²) in [6, 6.07) is 0.197. The summed E-state index contributed by atoms with van der Waals surface area (Å²) >= 11 is 0. The number of ether oxygens (including phenoxy) is 1. The number of hydrogen-bond donors (Lipinski definition) is 1. The lowest BCUT2D eigenvalue weighted by Crippen LogP contribution is -2.54. The number of rotatable bonds is 6. The van der Waals surface area contributed by atoms with Crippen LogP contribution in [0.4, 0.5) is 0 Å². The third-order valence-electron chi connectivity index (χ3n) is 4.73. The van der Waals surface area contributed by atoms with E-state index < -0.39 is 0 Å². The molecule has 1 N–H and O–H groups in total. The first-order chi connectivity index (χ1) is 10.0. The van der Waals surface area contributed by atoms with Gasteiger partial charge in [0.05, 0.1) is 25.0 Å². The summed E-state index contributed by atoms with van der Waals surface area (Å²) in [7, 11) is 3.71. The minimum atomic E-state index is 0.0253. The Morgan fingerprint density at radius 2 is 2.00 bits per heavy atom. The molecule has 1 saturated heterocycles. The van der Waals surface area contributed by atoms with Gasteiger partial charge < -0.3 is 10.1 Å². The molecule has 0 saturated carbocycles. The lowest BCUT2D eigenvalue weighted by atomic mass is 9.87. The van der Waals surface area contributed by atoms with Gasteiger partial charge in [-0.15, -0.1) is 0 Å². The summed E-state index contributed by atoms with van der Waals surface area (Å²) in [6.45, 7) is 10.1. The first-order valence-electron chi connectivity index (χ1n) is 8.06. The maximum absolute atomic E-state index is 5.53. The largest absolute Gasteiger partial charge is 0.493 e. The third kappa shape index (κ3) is 3.24. The molecular weight excluding hydrogens is 264 g/mol. The van der Waals surface area contributed by atoms with Crippen molar-refractivity contribution >= 4 is 0 Å². The standard InChI is InChI=1S/C16H30N4O/c1-6-17-15(14-13(21-5)12-18-19(14)4)16(2,3)20-10-8-7-9-11-20/h12,15,17H,6-11H2,1-5H3. The molecule has 5 nitrogen and oxygen atoms in total. The Kier molecular flexibility index (Phi) is 5.27. The van der Waals surface area contributed by atoms with Gasteiger partial charge in [-0.05, 0) is 46.3 Å². The number of nitrogens with one attached hydrogen (secondary N) is 1. The number of aryl methyl sites for hydroxylation is 1. The van der Waals surface area contributed by atoms with Crippen LogP contribution in [0.1, 0.15) is 51.8 Å². The molecule has 1 aromatic rings. The molecule has 0 bridgehead atoms. The molecule has 1 unspecified atom stereocenters. The third-order valence-corrected chi connectivity index (χ3v) is 4.73. The van der Waals surface area contributed by atoms with Crippen molar-refractivity contribution in [3.8, 4) is 5.75 Å². The monoisotopic (exact) mass is 294 g/mol. The Balaban J connectivity index is 2.34. The zero-order valence-electron chi connectivity index (χ0n) is 14.1. The second-order valence-electron chi connectivity index (χ2n) is 6.41. The minimum Gasteiger partial charge on any atom is -0.493 e. The van der Waals surface area contributed by atoms with E-state index in [9.17, 15) is 0 Å². The van der Waals surface area contributed by atoms with Crippen LogP contribution in [0.3, 0.4) is 0 Å². The molecule has 0 radical (unpaired) electrons. The van der Waals surface area contributed by atoms with Gasteiger partial charge in [-0.1, -0.05) is 13.3 Å². The molecule has 0 aromatic carbocycles.